The number of aromatic nitrogens is 7. The fourth-order valence-electron chi connectivity index (χ4n) is 3.82. The van der Waals surface area contributed by atoms with Gasteiger partial charge in [-0.25, -0.2) is 9.67 Å². The summed E-state index contributed by atoms with van der Waals surface area (Å²) in [4.78, 5) is 15.4. The van der Waals surface area contributed by atoms with Gasteiger partial charge >= 0.3 is 5.69 Å². The van der Waals surface area contributed by atoms with Crippen molar-refractivity contribution in [2.45, 2.75) is 20.4 Å². The van der Waals surface area contributed by atoms with Crippen LogP contribution in [0, 0.1) is 24.0 Å². The van der Waals surface area contributed by atoms with Crippen LogP contribution in [0.5, 0.6) is 0 Å². The summed E-state index contributed by atoms with van der Waals surface area (Å²) in [5.74, 6) is 0.750. The first-order valence-corrected chi connectivity index (χ1v) is 10.2. The minimum Gasteiger partial charge on any atom is -0.360 e. The molecule has 0 aliphatic carbocycles. The highest BCUT2D eigenvalue weighted by Crippen LogP contribution is 2.28. The number of pyridine rings is 1. The predicted molar refractivity (Wildman–Crippen MR) is 122 cm³/mol. The number of rotatable bonds is 6. The van der Waals surface area contributed by atoms with Crippen molar-refractivity contribution in [3.63, 3.8) is 0 Å². The molecule has 2 aromatic carbocycles. The molecule has 0 bridgehead atoms. The highest BCUT2D eigenvalue weighted by Gasteiger charge is 2.19. The Morgan fingerprint density at radius 1 is 1.15 bits per heavy atom. The van der Waals surface area contributed by atoms with Gasteiger partial charge in [0.25, 0.3) is 0 Å². The Kier molecular flexibility index (Phi) is 4.98. The van der Waals surface area contributed by atoms with Gasteiger partial charge in [-0.05, 0) is 55.0 Å². The molecule has 33 heavy (non-hydrogen) atoms. The van der Waals surface area contributed by atoms with Crippen LogP contribution in [0.3, 0.4) is 0 Å². The standard InChI is InChI=1S/C22H19N9O2/c1-13-9-14(2)24-22(20(13)31(32)33)23-11-15-7-8-18-16(10-15)12-30(27-18)19-6-4-3-5-17(19)21-25-28-29-26-21/h3-10,12H,11H2,1-2H3,(H,23,24)(H,25,26,28,29). The normalized spacial score (nSPS) is 11.1. The number of H-pyrrole nitrogens is 1. The molecular formula is C22H19N9O2. The molecule has 0 saturated heterocycles. The monoisotopic (exact) mass is 441 g/mol. The molecule has 2 N–H and O–H groups in total. The summed E-state index contributed by atoms with van der Waals surface area (Å²) in [6.45, 7) is 3.91. The lowest BCUT2D eigenvalue weighted by atomic mass is 10.1. The summed E-state index contributed by atoms with van der Waals surface area (Å²) >= 11 is 0. The SMILES string of the molecule is Cc1cc(C)c([N+](=O)[O-])c(NCc2ccc3nn(-c4ccccc4-c4nn[nH]n4)cc3c2)n1. The lowest BCUT2D eigenvalue weighted by Gasteiger charge is -2.09. The predicted octanol–water partition coefficient (Wildman–Crippen LogP) is 3.74. The summed E-state index contributed by atoms with van der Waals surface area (Å²) in [6.07, 6.45) is 1.93. The molecule has 0 unspecified atom stereocenters. The zero-order valence-electron chi connectivity index (χ0n) is 17.9. The van der Waals surface area contributed by atoms with Crippen molar-refractivity contribution >= 4 is 22.4 Å². The maximum absolute atomic E-state index is 11.5. The molecule has 0 spiro atoms. The minimum atomic E-state index is -0.404. The second kappa shape index (κ2) is 8.11. The number of nitrogens with zero attached hydrogens (tertiary/aromatic N) is 7. The van der Waals surface area contributed by atoms with Crippen molar-refractivity contribution in [1.82, 2.24) is 35.4 Å². The van der Waals surface area contributed by atoms with Crippen LogP contribution < -0.4 is 5.32 Å². The molecule has 0 aliphatic heterocycles. The number of hydrogen-bond donors (Lipinski definition) is 2. The molecule has 3 aromatic heterocycles. The largest absolute Gasteiger partial charge is 0.360 e. The van der Waals surface area contributed by atoms with E-state index in [2.05, 4.69) is 36.0 Å². The second-order valence-corrected chi connectivity index (χ2v) is 7.61. The van der Waals surface area contributed by atoms with Gasteiger partial charge in [0.05, 0.1) is 16.1 Å². The molecule has 0 aliphatic rings. The van der Waals surface area contributed by atoms with E-state index in [9.17, 15) is 10.1 Å². The minimum absolute atomic E-state index is 0.00688. The molecule has 0 amide bonds. The van der Waals surface area contributed by atoms with Crippen molar-refractivity contribution in [2.75, 3.05) is 5.32 Å². The molecule has 5 rings (SSSR count). The van der Waals surface area contributed by atoms with Crippen molar-refractivity contribution < 1.29 is 4.92 Å². The van der Waals surface area contributed by atoms with Gasteiger partial charge in [0.2, 0.25) is 11.6 Å². The number of benzene rings is 2. The number of fused-ring (bicyclic) bond motifs is 1. The lowest BCUT2D eigenvalue weighted by Crippen LogP contribution is -2.07. The smallest absolute Gasteiger partial charge is 0.314 e. The first-order valence-electron chi connectivity index (χ1n) is 10.2. The number of nitro groups is 1. The van der Waals surface area contributed by atoms with Gasteiger partial charge in [-0.3, -0.25) is 10.1 Å². The van der Waals surface area contributed by atoms with Crippen molar-refractivity contribution in [2.24, 2.45) is 0 Å². The molecule has 0 fully saturated rings. The van der Waals surface area contributed by atoms with Gasteiger partial charge in [0.15, 0.2) is 0 Å². The van der Waals surface area contributed by atoms with Gasteiger partial charge < -0.3 is 5.32 Å². The third-order valence-electron chi connectivity index (χ3n) is 5.26. The number of nitrogens with one attached hydrogen (secondary N) is 2. The van der Waals surface area contributed by atoms with Crippen LogP contribution in [-0.2, 0) is 6.54 Å². The maximum Gasteiger partial charge on any atom is 0.314 e. The Balaban J connectivity index is 1.45. The van der Waals surface area contributed by atoms with E-state index in [0.717, 1.165) is 33.4 Å². The Bertz CT molecular complexity index is 1480. The molecule has 164 valence electrons. The van der Waals surface area contributed by atoms with Crippen molar-refractivity contribution in [3.05, 3.63) is 81.7 Å². The summed E-state index contributed by atoms with van der Waals surface area (Å²) in [7, 11) is 0. The van der Waals surface area contributed by atoms with E-state index < -0.39 is 4.92 Å². The van der Waals surface area contributed by atoms with Gasteiger partial charge in [0, 0.05) is 34.9 Å². The number of tetrazole rings is 1. The molecule has 0 atom stereocenters. The average molecular weight is 441 g/mol. The maximum atomic E-state index is 11.5. The average Bonchev–Trinajstić information content (AvgIpc) is 3.46. The summed E-state index contributed by atoms with van der Waals surface area (Å²) in [5.41, 5.74) is 4.68. The zero-order valence-corrected chi connectivity index (χ0v) is 17.9. The van der Waals surface area contributed by atoms with Gasteiger partial charge in [-0.2, -0.15) is 10.3 Å². The third-order valence-corrected chi connectivity index (χ3v) is 5.26. The second-order valence-electron chi connectivity index (χ2n) is 7.61. The van der Waals surface area contributed by atoms with Crippen LogP contribution in [0.4, 0.5) is 11.5 Å². The third kappa shape index (κ3) is 3.87. The van der Waals surface area contributed by atoms with Gasteiger partial charge in [-0.15, -0.1) is 10.2 Å². The number of aromatic amines is 1. The van der Waals surface area contributed by atoms with E-state index in [-0.39, 0.29) is 11.5 Å². The lowest BCUT2D eigenvalue weighted by molar-refractivity contribution is -0.384. The van der Waals surface area contributed by atoms with Gasteiger partial charge in [-0.1, -0.05) is 18.2 Å². The number of aryl methyl sites for hydroxylation is 2. The fraction of sp³-hybridized carbons (Fsp3) is 0.136. The van der Waals surface area contributed by atoms with Crippen LogP contribution >= 0.6 is 0 Å². The van der Waals surface area contributed by atoms with E-state index in [1.165, 1.54) is 0 Å². The molecule has 0 radical (unpaired) electrons. The first-order chi connectivity index (χ1) is 16.0. The van der Waals surface area contributed by atoms with Crippen molar-refractivity contribution in [3.8, 4) is 17.1 Å². The molecule has 0 saturated carbocycles. The summed E-state index contributed by atoms with van der Waals surface area (Å²) in [6, 6.07) is 15.2. The number of hydrogen-bond acceptors (Lipinski definition) is 8. The Morgan fingerprint density at radius 3 is 2.79 bits per heavy atom. The van der Waals surface area contributed by atoms with E-state index in [4.69, 9.17) is 0 Å². The Morgan fingerprint density at radius 2 is 2.00 bits per heavy atom. The van der Waals surface area contributed by atoms with E-state index in [0.29, 0.717) is 17.9 Å². The van der Waals surface area contributed by atoms with Crippen LogP contribution in [0.15, 0.2) is 54.7 Å². The van der Waals surface area contributed by atoms with E-state index in [1.54, 1.807) is 17.7 Å². The number of anilines is 1. The Labute approximate surface area is 187 Å². The van der Waals surface area contributed by atoms with Crippen LogP contribution in [0.2, 0.25) is 0 Å². The van der Waals surface area contributed by atoms with E-state index >= 15 is 0 Å². The van der Waals surface area contributed by atoms with Crippen LogP contribution in [0.1, 0.15) is 16.8 Å². The van der Waals surface area contributed by atoms with E-state index in [1.807, 2.05) is 55.6 Å². The number of para-hydroxylation sites is 1. The van der Waals surface area contributed by atoms with Crippen LogP contribution in [-0.4, -0.2) is 40.3 Å². The van der Waals surface area contributed by atoms with Crippen LogP contribution in [0.25, 0.3) is 28.0 Å². The highest BCUT2D eigenvalue weighted by molar-refractivity contribution is 5.80. The topological polar surface area (TPSA) is 140 Å². The Hall–Kier alpha value is -4.67. The molecule has 5 aromatic rings. The van der Waals surface area contributed by atoms with Gasteiger partial charge in [0.1, 0.15) is 0 Å². The fourth-order valence-corrected chi connectivity index (χ4v) is 3.82. The molecule has 11 heteroatoms. The molecule has 11 nitrogen and oxygen atoms in total. The summed E-state index contributed by atoms with van der Waals surface area (Å²) in [5, 5.41) is 34.5. The van der Waals surface area contributed by atoms with Crippen molar-refractivity contribution in [1.29, 1.82) is 0 Å². The first kappa shape index (κ1) is 20.2. The molecule has 3 heterocycles. The zero-order chi connectivity index (χ0) is 22.9. The molecular weight excluding hydrogens is 422 g/mol. The summed E-state index contributed by atoms with van der Waals surface area (Å²) < 4.78 is 1.78. The highest BCUT2D eigenvalue weighted by atomic mass is 16.6. The quantitative estimate of drug-likeness (QED) is 0.300.